The van der Waals surface area contributed by atoms with E-state index in [1.54, 1.807) is 19.0 Å². The summed E-state index contributed by atoms with van der Waals surface area (Å²) < 4.78 is 0. The normalized spacial score (nSPS) is 10.1. The molecule has 0 saturated carbocycles. The van der Waals surface area contributed by atoms with Crippen LogP contribution >= 0.6 is 0 Å². The molecule has 6 heteroatoms. The Bertz CT molecular complexity index is 206. The number of nitrogens with two attached hydrogens (primary N) is 1. The lowest BCUT2D eigenvalue weighted by Crippen LogP contribution is -2.44. The fourth-order valence-electron chi connectivity index (χ4n) is 0.861. The van der Waals surface area contributed by atoms with Gasteiger partial charge in [0.25, 0.3) is 0 Å². The van der Waals surface area contributed by atoms with E-state index in [1.165, 1.54) is 4.90 Å². The molecule has 0 radical (unpaired) electrons. The number of nitrogens with one attached hydrogen (secondary N) is 1. The van der Waals surface area contributed by atoms with Crippen LogP contribution in [0.25, 0.3) is 0 Å². The summed E-state index contributed by atoms with van der Waals surface area (Å²) in [5.41, 5.74) is 2.03. The van der Waals surface area contributed by atoms with Crippen molar-refractivity contribution >= 4 is 11.8 Å². The van der Waals surface area contributed by atoms with E-state index in [1.807, 2.05) is 12.3 Å². The molecule has 0 aliphatic carbocycles. The molecule has 0 aliphatic heterocycles. The third-order valence-electron chi connectivity index (χ3n) is 1.83. The van der Waals surface area contributed by atoms with E-state index in [0.717, 1.165) is 0 Å². The molecule has 0 aromatic heterocycles. The molecule has 0 spiro atoms. The van der Waals surface area contributed by atoms with Gasteiger partial charge in [-0.05, 0) is 6.54 Å². The number of carbonyl (C=O) groups excluding carboxylic acids is 2. The lowest BCUT2D eigenvalue weighted by molar-refractivity contribution is -0.130. The average Bonchev–Trinajstić information content (AvgIpc) is 2.16. The maximum atomic E-state index is 11.3. The highest BCUT2D eigenvalue weighted by Gasteiger charge is 2.13. The molecule has 0 aromatic rings. The largest absolute Gasteiger partial charge is 0.348 e. The van der Waals surface area contributed by atoms with Gasteiger partial charge in [0.2, 0.25) is 11.8 Å². The minimum absolute atomic E-state index is 0.0309. The van der Waals surface area contributed by atoms with Crippen LogP contribution < -0.4 is 11.3 Å². The number of likely N-dealkylation sites (N-methyl/N-ethyl adjacent to an activating group) is 2. The number of carbonyl (C=O) groups is 2. The number of hydrogen-bond donors (Lipinski definition) is 2. The van der Waals surface area contributed by atoms with Gasteiger partial charge in [0.15, 0.2) is 0 Å². The summed E-state index contributed by atoms with van der Waals surface area (Å²) in [6.45, 7) is 2.89. The molecule has 3 N–H and O–H groups in total. The lowest BCUT2D eigenvalue weighted by atomic mass is 10.4. The van der Waals surface area contributed by atoms with Crippen LogP contribution in [0.1, 0.15) is 6.92 Å². The van der Waals surface area contributed by atoms with Crippen LogP contribution in [0.15, 0.2) is 0 Å². The monoisotopic (exact) mass is 202 g/mol. The maximum absolute atomic E-state index is 11.3. The molecule has 14 heavy (non-hydrogen) atoms. The Hall–Kier alpha value is -1.14. The molecule has 0 atom stereocenters. The topological polar surface area (TPSA) is 78.7 Å². The molecule has 0 saturated heterocycles. The molecule has 0 aliphatic rings. The zero-order chi connectivity index (χ0) is 11.1. The van der Waals surface area contributed by atoms with Gasteiger partial charge in [-0.3, -0.25) is 19.9 Å². The highest BCUT2D eigenvalue weighted by molar-refractivity contribution is 5.80. The minimum atomic E-state index is -0.293. The van der Waals surface area contributed by atoms with E-state index in [9.17, 15) is 9.59 Å². The molecule has 2 amide bonds. The Morgan fingerprint density at radius 2 is 1.86 bits per heavy atom. The van der Waals surface area contributed by atoms with E-state index in [4.69, 9.17) is 5.84 Å². The number of rotatable bonds is 5. The van der Waals surface area contributed by atoms with Crippen molar-refractivity contribution in [1.82, 2.24) is 15.2 Å². The Labute approximate surface area is 84.0 Å². The molecule has 0 bridgehead atoms. The predicted molar refractivity (Wildman–Crippen MR) is 53.1 cm³/mol. The van der Waals surface area contributed by atoms with Crippen molar-refractivity contribution in [3.05, 3.63) is 0 Å². The molecule has 6 nitrogen and oxygen atoms in total. The van der Waals surface area contributed by atoms with Crippen molar-refractivity contribution in [3.63, 3.8) is 0 Å². The standard InChI is InChI=1S/C8H18N4O2/c1-4-12(5-7(13)10-9)6-8(14)11(2)3/h4-6,9H2,1-3H3,(H,10,13). The summed E-state index contributed by atoms with van der Waals surface area (Å²) in [5.74, 6) is 4.62. The fourth-order valence-corrected chi connectivity index (χ4v) is 0.861. The van der Waals surface area contributed by atoms with Crippen LogP contribution in [-0.2, 0) is 9.59 Å². The van der Waals surface area contributed by atoms with E-state index < -0.39 is 0 Å². The number of hydrazine groups is 1. The third kappa shape index (κ3) is 4.78. The molecule has 0 aromatic carbocycles. The lowest BCUT2D eigenvalue weighted by Gasteiger charge is -2.20. The molecule has 0 unspecified atom stereocenters. The fraction of sp³-hybridized carbons (Fsp3) is 0.750. The molecule has 0 fully saturated rings. The molecule has 0 heterocycles. The summed E-state index contributed by atoms with van der Waals surface area (Å²) >= 11 is 0. The second-order valence-electron chi connectivity index (χ2n) is 3.16. The first-order chi connectivity index (χ1) is 6.51. The molecule has 82 valence electrons. The smallest absolute Gasteiger partial charge is 0.248 e. The Morgan fingerprint density at radius 1 is 1.29 bits per heavy atom. The summed E-state index contributed by atoms with van der Waals surface area (Å²) in [5, 5.41) is 0. The van der Waals surface area contributed by atoms with E-state index in [0.29, 0.717) is 6.54 Å². The van der Waals surface area contributed by atoms with Gasteiger partial charge in [-0.25, -0.2) is 5.84 Å². The second kappa shape index (κ2) is 6.33. The summed E-state index contributed by atoms with van der Waals surface area (Å²) in [7, 11) is 3.36. The van der Waals surface area contributed by atoms with Crippen molar-refractivity contribution in [3.8, 4) is 0 Å². The first-order valence-corrected chi connectivity index (χ1v) is 4.43. The van der Waals surface area contributed by atoms with Gasteiger partial charge < -0.3 is 4.90 Å². The van der Waals surface area contributed by atoms with Crippen LogP contribution in [0.4, 0.5) is 0 Å². The predicted octanol–water partition coefficient (Wildman–Crippen LogP) is -1.61. The SMILES string of the molecule is CCN(CC(=O)NN)CC(=O)N(C)C. The molecular formula is C8H18N4O2. The molecular weight excluding hydrogens is 184 g/mol. The number of amides is 2. The van der Waals surface area contributed by atoms with Crippen molar-refractivity contribution in [2.75, 3.05) is 33.7 Å². The Balaban J connectivity index is 4.03. The van der Waals surface area contributed by atoms with Crippen LogP contribution in [0, 0.1) is 0 Å². The number of hydrogen-bond acceptors (Lipinski definition) is 4. The van der Waals surface area contributed by atoms with Crippen LogP contribution in [0.5, 0.6) is 0 Å². The highest BCUT2D eigenvalue weighted by atomic mass is 16.2. The first-order valence-electron chi connectivity index (χ1n) is 4.43. The Morgan fingerprint density at radius 3 is 2.21 bits per heavy atom. The number of nitrogens with zero attached hydrogens (tertiary/aromatic N) is 2. The van der Waals surface area contributed by atoms with Crippen molar-refractivity contribution in [2.45, 2.75) is 6.92 Å². The maximum Gasteiger partial charge on any atom is 0.248 e. The zero-order valence-electron chi connectivity index (χ0n) is 8.91. The van der Waals surface area contributed by atoms with Crippen LogP contribution in [0.2, 0.25) is 0 Å². The van der Waals surface area contributed by atoms with E-state index in [-0.39, 0.29) is 24.9 Å². The molecule has 0 rings (SSSR count). The van der Waals surface area contributed by atoms with Gasteiger partial charge in [-0.1, -0.05) is 6.92 Å². The second-order valence-corrected chi connectivity index (χ2v) is 3.16. The Kier molecular flexibility index (Phi) is 5.82. The van der Waals surface area contributed by atoms with Crippen molar-refractivity contribution < 1.29 is 9.59 Å². The van der Waals surface area contributed by atoms with Gasteiger partial charge >= 0.3 is 0 Å². The summed E-state index contributed by atoms with van der Waals surface area (Å²) in [6, 6.07) is 0. The van der Waals surface area contributed by atoms with Crippen molar-refractivity contribution in [1.29, 1.82) is 0 Å². The van der Waals surface area contributed by atoms with E-state index >= 15 is 0 Å². The highest BCUT2D eigenvalue weighted by Crippen LogP contribution is 1.89. The van der Waals surface area contributed by atoms with Gasteiger partial charge in [0, 0.05) is 14.1 Å². The quantitative estimate of drug-likeness (QED) is 0.319. The van der Waals surface area contributed by atoms with Crippen LogP contribution in [0.3, 0.4) is 0 Å². The minimum Gasteiger partial charge on any atom is -0.348 e. The van der Waals surface area contributed by atoms with E-state index in [2.05, 4.69) is 0 Å². The third-order valence-corrected chi connectivity index (χ3v) is 1.83. The van der Waals surface area contributed by atoms with Gasteiger partial charge in [0.05, 0.1) is 13.1 Å². The van der Waals surface area contributed by atoms with Crippen molar-refractivity contribution in [2.24, 2.45) is 5.84 Å². The first kappa shape index (κ1) is 12.9. The van der Waals surface area contributed by atoms with Crippen LogP contribution in [-0.4, -0.2) is 55.3 Å². The van der Waals surface area contributed by atoms with Gasteiger partial charge in [0.1, 0.15) is 0 Å². The average molecular weight is 202 g/mol. The summed E-state index contributed by atoms with van der Waals surface area (Å²) in [4.78, 5) is 25.4. The van der Waals surface area contributed by atoms with Gasteiger partial charge in [-0.2, -0.15) is 0 Å². The van der Waals surface area contributed by atoms with Gasteiger partial charge in [-0.15, -0.1) is 0 Å². The zero-order valence-corrected chi connectivity index (χ0v) is 8.91. The summed E-state index contributed by atoms with van der Waals surface area (Å²) in [6.07, 6.45) is 0.